The number of rotatable bonds is 2. The summed E-state index contributed by atoms with van der Waals surface area (Å²) in [7, 11) is 2.00. The molecule has 3 aromatic rings. The number of hydrogen-bond donors (Lipinski definition) is 1. The molecule has 7 heteroatoms. The van der Waals surface area contributed by atoms with Gasteiger partial charge in [0.25, 0.3) is 0 Å². The molecule has 5 nitrogen and oxygen atoms in total. The van der Waals surface area contributed by atoms with Gasteiger partial charge in [0, 0.05) is 0 Å². The molecule has 1 saturated heterocycles. The molecular weight excluding hydrogens is 363 g/mol. The molecule has 1 atom stereocenters. The van der Waals surface area contributed by atoms with Gasteiger partial charge in [-0.15, -0.1) is 0 Å². The normalized spacial score (nSPS) is 18.7. The monoisotopic (exact) mass is 376 g/mol. The van der Waals surface area contributed by atoms with Crippen LogP contribution in [0.5, 0.6) is 0 Å². The summed E-state index contributed by atoms with van der Waals surface area (Å²) in [6.07, 6.45) is 1.10. The average molecular weight is 377 g/mol. The molecule has 1 fully saturated rings. The second-order valence-corrected chi connectivity index (χ2v) is 6.76. The fourth-order valence-corrected chi connectivity index (χ4v) is 3.57. The van der Waals surface area contributed by atoms with Crippen molar-refractivity contribution < 1.29 is 4.42 Å². The first-order valence-corrected chi connectivity index (χ1v) is 8.48. The Morgan fingerprint density at radius 1 is 1.41 bits per heavy atom. The number of furan rings is 1. The molecule has 3 heterocycles. The fourth-order valence-electron chi connectivity index (χ4n) is 2.99. The van der Waals surface area contributed by atoms with Gasteiger partial charge in [-0.25, -0.2) is 0 Å². The number of benzene rings is 1. The van der Waals surface area contributed by atoms with E-state index >= 15 is 0 Å². The van der Waals surface area contributed by atoms with E-state index in [-0.39, 0.29) is 0 Å². The Bertz CT molecular complexity index is 865. The average Bonchev–Trinajstić information content (AvgIpc) is 3.11. The SMILES string of the molecule is CN[C@@H]1CCN(c2nc([As])nc3c2oc2ccc(Cl)cc23)C1. The quantitative estimate of drug-likeness (QED) is 0.689. The van der Waals surface area contributed by atoms with E-state index in [2.05, 4.69) is 37.0 Å². The van der Waals surface area contributed by atoms with Crippen LogP contribution in [0.3, 0.4) is 0 Å². The van der Waals surface area contributed by atoms with Gasteiger partial charge in [-0.2, -0.15) is 0 Å². The maximum atomic E-state index is 6.11. The van der Waals surface area contributed by atoms with Gasteiger partial charge in [0.2, 0.25) is 0 Å². The number of hydrogen-bond acceptors (Lipinski definition) is 5. The van der Waals surface area contributed by atoms with Crippen molar-refractivity contribution in [2.75, 3.05) is 25.0 Å². The van der Waals surface area contributed by atoms with E-state index in [1.807, 2.05) is 25.2 Å². The molecule has 0 unspecified atom stereocenters. The molecule has 0 saturated carbocycles. The number of halogens is 1. The molecule has 0 bridgehead atoms. The number of anilines is 1. The van der Waals surface area contributed by atoms with Crippen LogP contribution < -0.4 is 14.8 Å². The van der Waals surface area contributed by atoms with Crippen molar-refractivity contribution in [3.63, 3.8) is 0 Å². The van der Waals surface area contributed by atoms with Crippen LogP contribution in [0.1, 0.15) is 6.42 Å². The van der Waals surface area contributed by atoms with E-state index < -0.39 is 0 Å². The summed E-state index contributed by atoms with van der Waals surface area (Å²) in [4.78, 5) is 11.4. The van der Waals surface area contributed by atoms with Crippen LogP contribution in [-0.2, 0) is 0 Å². The van der Waals surface area contributed by atoms with Crippen LogP contribution in [0, 0.1) is 0 Å². The van der Waals surface area contributed by atoms with E-state index in [4.69, 9.17) is 16.0 Å². The van der Waals surface area contributed by atoms with Crippen LogP contribution in [0.4, 0.5) is 5.82 Å². The van der Waals surface area contributed by atoms with Crippen molar-refractivity contribution in [3.8, 4) is 0 Å². The second kappa shape index (κ2) is 5.41. The number of nitrogens with zero attached hydrogens (tertiary/aromatic N) is 3. The fraction of sp³-hybridized carbons (Fsp3) is 0.333. The molecule has 0 spiro atoms. The van der Waals surface area contributed by atoms with Crippen molar-refractivity contribution in [1.29, 1.82) is 0 Å². The van der Waals surface area contributed by atoms with Crippen molar-refractivity contribution in [3.05, 3.63) is 23.2 Å². The summed E-state index contributed by atoms with van der Waals surface area (Å²) < 4.78 is 6.71. The van der Waals surface area contributed by atoms with Gasteiger partial charge in [-0.1, -0.05) is 0 Å². The van der Waals surface area contributed by atoms with E-state index in [1.54, 1.807) is 0 Å². The molecule has 0 amide bonds. The first-order chi connectivity index (χ1) is 10.7. The Morgan fingerprint density at radius 2 is 2.27 bits per heavy atom. The molecule has 4 rings (SSSR count). The maximum absolute atomic E-state index is 6.11. The minimum absolute atomic E-state index is 0.485. The summed E-state index contributed by atoms with van der Waals surface area (Å²) in [6, 6.07) is 6.09. The van der Waals surface area contributed by atoms with Gasteiger partial charge in [-0.3, -0.25) is 0 Å². The van der Waals surface area contributed by atoms with Gasteiger partial charge < -0.3 is 0 Å². The Balaban J connectivity index is 1.93. The summed E-state index contributed by atoms with van der Waals surface area (Å²) in [5.41, 5.74) is 2.35. The molecule has 2 aromatic heterocycles. The minimum atomic E-state index is 0.485. The van der Waals surface area contributed by atoms with E-state index in [0.29, 0.717) is 15.7 Å². The molecule has 1 N–H and O–H groups in total. The van der Waals surface area contributed by atoms with Crippen LogP contribution in [0.2, 0.25) is 5.02 Å². The first-order valence-electron chi connectivity index (χ1n) is 7.16. The number of aromatic nitrogens is 2. The third-order valence-electron chi connectivity index (χ3n) is 4.14. The van der Waals surface area contributed by atoms with Crippen LogP contribution in [0.25, 0.3) is 22.1 Å². The molecule has 1 aromatic carbocycles. The zero-order valence-corrected chi connectivity index (χ0v) is 14.6. The van der Waals surface area contributed by atoms with E-state index in [0.717, 1.165) is 47.4 Å². The predicted molar refractivity (Wildman–Crippen MR) is 89.4 cm³/mol. The van der Waals surface area contributed by atoms with E-state index in [1.165, 1.54) is 0 Å². The van der Waals surface area contributed by atoms with Crippen molar-refractivity contribution >= 4 is 61.0 Å². The Kier molecular flexibility index (Phi) is 3.52. The van der Waals surface area contributed by atoms with Crippen LogP contribution in [0.15, 0.2) is 22.6 Å². The van der Waals surface area contributed by atoms with Gasteiger partial charge in [-0.05, 0) is 0 Å². The molecule has 22 heavy (non-hydrogen) atoms. The molecule has 1 aliphatic rings. The summed E-state index contributed by atoms with van der Waals surface area (Å²) in [6.45, 7) is 1.88. The van der Waals surface area contributed by atoms with Crippen LogP contribution >= 0.6 is 11.6 Å². The van der Waals surface area contributed by atoms with Gasteiger partial charge in [0.05, 0.1) is 0 Å². The molecule has 112 valence electrons. The molecule has 1 aliphatic heterocycles. The Hall–Kier alpha value is -1.29. The summed E-state index contributed by atoms with van der Waals surface area (Å²) in [5.74, 6) is 0.866. The third kappa shape index (κ3) is 2.28. The van der Waals surface area contributed by atoms with E-state index in [9.17, 15) is 0 Å². The first kappa shape index (κ1) is 14.3. The third-order valence-corrected chi connectivity index (χ3v) is 4.80. The predicted octanol–water partition coefficient (Wildman–Crippen LogP) is 1.62. The summed E-state index contributed by atoms with van der Waals surface area (Å²) in [5, 5.41) is 4.94. The van der Waals surface area contributed by atoms with Crippen molar-refractivity contribution in [1.82, 2.24) is 15.3 Å². The Morgan fingerprint density at radius 3 is 3.05 bits per heavy atom. The van der Waals surface area contributed by atoms with Crippen molar-refractivity contribution in [2.45, 2.75) is 12.5 Å². The molecule has 0 aliphatic carbocycles. The second-order valence-electron chi connectivity index (χ2n) is 5.49. The zero-order valence-electron chi connectivity index (χ0n) is 12.0. The standard InChI is InChI=1S/C15H14AsClN4O/c1-18-9-4-5-21(7-9)14-13-12(19-15(16)20-14)10-6-8(17)2-3-11(10)22-13/h2-3,6,9,18H,4-5,7H2,1H3/t9-/m1/s1. The van der Waals surface area contributed by atoms with Gasteiger partial charge >= 0.3 is 141 Å². The van der Waals surface area contributed by atoms with Gasteiger partial charge in [0.15, 0.2) is 0 Å². The number of likely N-dealkylation sites (N-methyl/N-ethyl adjacent to an activating group) is 1. The van der Waals surface area contributed by atoms with Crippen molar-refractivity contribution in [2.24, 2.45) is 0 Å². The van der Waals surface area contributed by atoms with Gasteiger partial charge in [0.1, 0.15) is 0 Å². The topological polar surface area (TPSA) is 54.2 Å². The number of fused-ring (bicyclic) bond motifs is 3. The number of nitrogens with one attached hydrogen (secondary N) is 1. The Labute approximate surface area is 141 Å². The zero-order chi connectivity index (χ0) is 15.3. The van der Waals surface area contributed by atoms with Crippen LogP contribution in [-0.4, -0.2) is 53.0 Å². The molecule has 2 radical (unpaired) electrons. The molecular formula is C15H14AsClN4O. The summed E-state index contributed by atoms with van der Waals surface area (Å²) >= 11 is 8.53.